The monoisotopic (exact) mass is 349 g/mol. The zero-order chi connectivity index (χ0) is 17.9. The Balaban J connectivity index is 1.50. The van der Waals surface area contributed by atoms with Crippen LogP contribution in [0.3, 0.4) is 0 Å². The maximum atomic E-state index is 12.5. The Labute approximate surface area is 154 Å². The molecule has 3 aromatic rings. The van der Waals surface area contributed by atoms with Gasteiger partial charge in [-0.05, 0) is 37.3 Å². The number of aromatic nitrogens is 1. The largest absolute Gasteiger partial charge is 0.369 e. The number of anilines is 1. The summed E-state index contributed by atoms with van der Waals surface area (Å²) < 4.78 is 12.5. The summed E-state index contributed by atoms with van der Waals surface area (Å²) in [7, 11) is 0. The van der Waals surface area contributed by atoms with Crippen LogP contribution in [0.4, 0.5) is 10.1 Å². The smallest absolute Gasteiger partial charge is 0.102 e. The van der Waals surface area contributed by atoms with E-state index in [1.807, 2.05) is 0 Å². The van der Waals surface area contributed by atoms with Crippen molar-refractivity contribution in [3.8, 4) is 11.3 Å². The van der Waals surface area contributed by atoms with Crippen molar-refractivity contribution < 1.29 is 4.39 Å². The summed E-state index contributed by atoms with van der Waals surface area (Å²) in [5.41, 5.74) is 5.64. The van der Waals surface area contributed by atoms with Gasteiger partial charge in [-0.15, -0.1) is 0 Å². The molecule has 1 saturated heterocycles. The number of alkyl halides is 1. The molecule has 4 heteroatoms. The maximum absolute atomic E-state index is 12.5. The second-order valence-corrected chi connectivity index (χ2v) is 6.96. The number of benzene rings is 2. The first-order valence-electron chi connectivity index (χ1n) is 9.24. The van der Waals surface area contributed by atoms with Crippen LogP contribution in [0.2, 0.25) is 0 Å². The van der Waals surface area contributed by atoms with Gasteiger partial charge in [0.25, 0.3) is 0 Å². The van der Waals surface area contributed by atoms with Gasteiger partial charge in [-0.2, -0.15) is 0 Å². The summed E-state index contributed by atoms with van der Waals surface area (Å²) in [5.74, 6) is 0. The molecule has 1 aliphatic heterocycles. The SMILES string of the molecule is Cc1ccc2nc(-c3ccc(N4CCN(CCF)CC4)cc3)ccc2c1. The molecule has 3 nitrogen and oxygen atoms in total. The van der Waals surface area contributed by atoms with Crippen LogP contribution in [-0.2, 0) is 0 Å². The molecular formula is C22H24FN3. The zero-order valence-electron chi connectivity index (χ0n) is 15.2. The number of rotatable bonds is 4. The summed E-state index contributed by atoms with van der Waals surface area (Å²) in [6, 6.07) is 19.2. The highest BCUT2D eigenvalue weighted by Crippen LogP contribution is 2.25. The molecule has 0 amide bonds. The van der Waals surface area contributed by atoms with Crippen molar-refractivity contribution in [2.45, 2.75) is 6.92 Å². The highest BCUT2D eigenvalue weighted by molar-refractivity contribution is 5.82. The molecule has 26 heavy (non-hydrogen) atoms. The average molecular weight is 349 g/mol. The van der Waals surface area contributed by atoms with Crippen LogP contribution >= 0.6 is 0 Å². The number of hydrogen-bond donors (Lipinski definition) is 0. The zero-order valence-corrected chi connectivity index (χ0v) is 15.2. The first kappa shape index (κ1) is 17.0. The van der Waals surface area contributed by atoms with E-state index in [-0.39, 0.29) is 6.67 Å². The van der Waals surface area contributed by atoms with Crippen molar-refractivity contribution in [2.24, 2.45) is 0 Å². The third-order valence-electron chi connectivity index (χ3n) is 5.15. The van der Waals surface area contributed by atoms with Gasteiger partial charge >= 0.3 is 0 Å². The molecule has 1 aliphatic rings. The highest BCUT2D eigenvalue weighted by Gasteiger charge is 2.16. The molecule has 2 aromatic carbocycles. The van der Waals surface area contributed by atoms with E-state index in [2.05, 4.69) is 71.3 Å². The van der Waals surface area contributed by atoms with Crippen LogP contribution in [0, 0.1) is 6.92 Å². The van der Waals surface area contributed by atoms with Crippen molar-refractivity contribution in [3.63, 3.8) is 0 Å². The Morgan fingerprint density at radius 1 is 0.923 bits per heavy atom. The van der Waals surface area contributed by atoms with E-state index in [9.17, 15) is 4.39 Å². The molecule has 0 N–H and O–H groups in total. The highest BCUT2D eigenvalue weighted by atomic mass is 19.1. The standard InChI is InChI=1S/C22H24FN3/c1-17-2-8-22-19(16-17)5-9-21(24-22)18-3-6-20(7-4-18)26-14-12-25(11-10-23)13-15-26/h2-9,16H,10-15H2,1H3. The molecule has 0 unspecified atom stereocenters. The fourth-order valence-corrected chi connectivity index (χ4v) is 3.60. The second kappa shape index (κ2) is 7.42. The molecule has 1 aromatic heterocycles. The number of fused-ring (bicyclic) bond motifs is 1. The Morgan fingerprint density at radius 2 is 1.69 bits per heavy atom. The second-order valence-electron chi connectivity index (χ2n) is 6.96. The van der Waals surface area contributed by atoms with Crippen LogP contribution < -0.4 is 4.90 Å². The minimum Gasteiger partial charge on any atom is -0.369 e. The quantitative estimate of drug-likeness (QED) is 0.700. The van der Waals surface area contributed by atoms with E-state index in [1.54, 1.807) is 0 Å². The Hall–Kier alpha value is -2.46. The van der Waals surface area contributed by atoms with E-state index in [1.165, 1.54) is 16.6 Å². The molecule has 0 saturated carbocycles. The predicted octanol–water partition coefficient (Wildman–Crippen LogP) is 4.30. The molecule has 134 valence electrons. The van der Waals surface area contributed by atoms with Gasteiger partial charge in [-0.1, -0.05) is 29.8 Å². The minimum absolute atomic E-state index is 0.257. The average Bonchev–Trinajstić information content (AvgIpc) is 2.69. The molecule has 0 spiro atoms. The van der Waals surface area contributed by atoms with Gasteiger partial charge in [-0.25, -0.2) is 9.37 Å². The molecule has 4 rings (SSSR count). The number of aryl methyl sites for hydroxylation is 1. The lowest BCUT2D eigenvalue weighted by Crippen LogP contribution is -2.47. The maximum Gasteiger partial charge on any atom is 0.102 e. The van der Waals surface area contributed by atoms with E-state index in [4.69, 9.17) is 4.98 Å². The van der Waals surface area contributed by atoms with Gasteiger partial charge in [0.15, 0.2) is 0 Å². The number of piperazine rings is 1. The summed E-state index contributed by atoms with van der Waals surface area (Å²) in [4.78, 5) is 9.36. The van der Waals surface area contributed by atoms with Gasteiger partial charge in [0.05, 0.1) is 11.2 Å². The topological polar surface area (TPSA) is 19.4 Å². The molecule has 2 heterocycles. The third kappa shape index (κ3) is 3.56. The summed E-state index contributed by atoms with van der Waals surface area (Å²) in [6.07, 6.45) is 0. The van der Waals surface area contributed by atoms with Crippen molar-refractivity contribution >= 4 is 16.6 Å². The first-order chi connectivity index (χ1) is 12.7. The van der Waals surface area contributed by atoms with E-state index in [0.717, 1.165) is 43.0 Å². The van der Waals surface area contributed by atoms with Crippen LogP contribution in [0.1, 0.15) is 5.56 Å². The third-order valence-corrected chi connectivity index (χ3v) is 5.15. The van der Waals surface area contributed by atoms with E-state index >= 15 is 0 Å². The Kier molecular flexibility index (Phi) is 4.85. The fraction of sp³-hybridized carbons (Fsp3) is 0.318. The van der Waals surface area contributed by atoms with Crippen LogP contribution in [-0.4, -0.2) is 49.3 Å². The van der Waals surface area contributed by atoms with Crippen molar-refractivity contribution in [1.82, 2.24) is 9.88 Å². The van der Waals surface area contributed by atoms with Crippen LogP contribution in [0.5, 0.6) is 0 Å². The van der Waals surface area contributed by atoms with Gasteiger partial charge in [-0.3, -0.25) is 4.90 Å². The van der Waals surface area contributed by atoms with Crippen LogP contribution in [0.15, 0.2) is 54.6 Å². The van der Waals surface area contributed by atoms with Crippen molar-refractivity contribution in [1.29, 1.82) is 0 Å². The molecule has 1 fully saturated rings. The molecule has 0 aliphatic carbocycles. The Morgan fingerprint density at radius 3 is 2.42 bits per heavy atom. The lowest BCUT2D eigenvalue weighted by Gasteiger charge is -2.35. The number of halogens is 1. The van der Waals surface area contributed by atoms with Gasteiger partial charge < -0.3 is 4.90 Å². The summed E-state index contributed by atoms with van der Waals surface area (Å²) in [5, 5.41) is 1.18. The van der Waals surface area contributed by atoms with Gasteiger partial charge in [0.2, 0.25) is 0 Å². The van der Waals surface area contributed by atoms with Gasteiger partial charge in [0, 0.05) is 49.4 Å². The molecule has 0 atom stereocenters. The first-order valence-corrected chi connectivity index (χ1v) is 9.24. The van der Waals surface area contributed by atoms with Crippen molar-refractivity contribution in [2.75, 3.05) is 44.3 Å². The molecule has 0 bridgehead atoms. The lowest BCUT2D eigenvalue weighted by atomic mass is 10.1. The van der Waals surface area contributed by atoms with Gasteiger partial charge in [0.1, 0.15) is 6.67 Å². The molecular weight excluding hydrogens is 325 g/mol. The van der Waals surface area contributed by atoms with E-state index < -0.39 is 0 Å². The number of hydrogen-bond acceptors (Lipinski definition) is 3. The Bertz CT molecular complexity index is 884. The van der Waals surface area contributed by atoms with E-state index in [0.29, 0.717) is 6.54 Å². The summed E-state index contributed by atoms with van der Waals surface area (Å²) >= 11 is 0. The fourth-order valence-electron chi connectivity index (χ4n) is 3.60. The summed E-state index contributed by atoms with van der Waals surface area (Å²) in [6.45, 7) is 6.16. The van der Waals surface area contributed by atoms with Crippen LogP contribution in [0.25, 0.3) is 22.2 Å². The van der Waals surface area contributed by atoms with Crippen molar-refractivity contribution in [3.05, 3.63) is 60.2 Å². The predicted molar refractivity (Wildman–Crippen MR) is 107 cm³/mol. The normalized spacial score (nSPS) is 15.5. The minimum atomic E-state index is -0.257. The lowest BCUT2D eigenvalue weighted by molar-refractivity contribution is 0.235. The number of nitrogens with zero attached hydrogens (tertiary/aromatic N) is 3. The molecule has 0 radical (unpaired) electrons. The number of pyridine rings is 1.